The van der Waals surface area contributed by atoms with E-state index < -0.39 is 14.9 Å². The summed E-state index contributed by atoms with van der Waals surface area (Å²) in [5, 5.41) is 12.0. The van der Waals surface area contributed by atoms with Gasteiger partial charge in [0.25, 0.3) is 5.69 Å². The largest absolute Gasteiger partial charge is 0.461 e. The Morgan fingerprint density at radius 2 is 1.89 bits per heavy atom. The van der Waals surface area contributed by atoms with Crippen molar-refractivity contribution in [1.82, 2.24) is 4.31 Å². The molecule has 3 aromatic rings. The number of hydrogen-bond acceptors (Lipinski definition) is 5. The molecule has 142 valence electrons. The highest BCUT2D eigenvalue weighted by atomic mass is 32.2. The number of aryl methyl sites for hydroxylation is 2. The standard InChI is InChI=1S/C19H20N2O5S/c1-4-18-16(15-7-5-6-8-19(15)26-18)12-20(3)27(24,25)14-10-9-13(2)17(11-14)21(22)23/h5-11H,4,12H2,1-3H3. The second-order valence-electron chi connectivity index (χ2n) is 6.32. The minimum Gasteiger partial charge on any atom is -0.461 e. The SMILES string of the molecule is CCc1oc2ccccc2c1CN(C)S(=O)(=O)c1ccc(C)c([N+](=O)[O-])c1. The predicted octanol–water partition coefficient (Wildman–Crippen LogP) is 4.03. The summed E-state index contributed by atoms with van der Waals surface area (Å²) in [5.41, 5.74) is 1.71. The lowest BCUT2D eigenvalue weighted by molar-refractivity contribution is -0.385. The van der Waals surface area contributed by atoms with Crippen LogP contribution in [0.2, 0.25) is 0 Å². The summed E-state index contributed by atoms with van der Waals surface area (Å²) in [6.07, 6.45) is 0.633. The van der Waals surface area contributed by atoms with E-state index in [1.807, 2.05) is 31.2 Å². The number of nitrogens with zero attached hydrogens (tertiary/aromatic N) is 2. The fourth-order valence-electron chi connectivity index (χ4n) is 3.04. The van der Waals surface area contributed by atoms with Gasteiger partial charge in [0.05, 0.1) is 9.82 Å². The van der Waals surface area contributed by atoms with Crippen molar-refractivity contribution in [3.8, 4) is 0 Å². The van der Waals surface area contributed by atoms with Gasteiger partial charge in [-0.15, -0.1) is 0 Å². The summed E-state index contributed by atoms with van der Waals surface area (Å²) in [4.78, 5) is 10.5. The maximum Gasteiger partial charge on any atom is 0.273 e. The minimum absolute atomic E-state index is 0.104. The second kappa shape index (κ2) is 7.13. The van der Waals surface area contributed by atoms with Crippen molar-refractivity contribution in [3.63, 3.8) is 0 Å². The lowest BCUT2D eigenvalue weighted by Crippen LogP contribution is -2.27. The van der Waals surface area contributed by atoms with Gasteiger partial charge in [0, 0.05) is 42.6 Å². The third kappa shape index (κ3) is 3.45. The average Bonchev–Trinajstić information content (AvgIpc) is 2.99. The van der Waals surface area contributed by atoms with E-state index in [0.29, 0.717) is 17.6 Å². The van der Waals surface area contributed by atoms with Crippen LogP contribution in [-0.2, 0) is 23.0 Å². The van der Waals surface area contributed by atoms with Crippen LogP contribution < -0.4 is 0 Å². The van der Waals surface area contributed by atoms with Crippen molar-refractivity contribution >= 4 is 26.7 Å². The first-order valence-corrected chi connectivity index (χ1v) is 9.90. The van der Waals surface area contributed by atoms with Gasteiger partial charge >= 0.3 is 0 Å². The molecule has 0 bridgehead atoms. The summed E-state index contributed by atoms with van der Waals surface area (Å²) < 4.78 is 32.9. The Labute approximate surface area is 157 Å². The highest BCUT2D eigenvalue weighted by Gasteiger charge is 2.26. The van der Waals surface area contributed by atoms with E-state index in [-0.39, 0.29) is 17.1 Å². The zero-order chi connectivity index (χ0) is 19.8. The molecule has 0 aliphatic carbocycles. The average molecular weight is 388 g/mol. The molecule has 0 saturated carbocycles. The van der Waals surface area contributed by atoms with Crippen molar-refractivity contribution < 1.29 is 17.8 Å². The predicted molar refractivity (Wildman–Crippen MR) is 102 cm³/mol. The third-order valence-corrected chi connectivity index (χ3v) is 6.37. The molecule has 0 spiro atoms. The lowest BCUT2D eigenvalue weighted by atomic mass is 10.1. The zero-order valence-electron chi connectivity index (χ0n) is 15.3. The number of rotatable bonds is 6. The van der Waals surface area contributed by atoms with Gasteiger partial charge in [0.15, 0.2) is 0 Å². The number of para-hydroxylation sites is 1. The van der Waals surface area contributed by atoms with E-state index in [0.717, 1.165) is 22.8 Å². The Morgan fingerprint density at radius 1 is 1.19 bits per heavy atom. The van der Waals surface area contributed by atoms with Crippen molar-refractivity contribution in [3.05, 3.63) is 69.5 Å². The van der Waals surface area contributed by atoms with E-state index in [1.165, 1.54) is 23.5 Å². The summed E-state index contributed by atoms with van der Waals surface area (Å²) in [6.45, 7) is 3.63. The molecule has 0 atom stereocenters. The molecule has 0 N–H and O–H groups in total. The molecule has 27 heavy (non-hydrogen) atoms. The van der Waals surface area contributed by atoms with Gasteiger partial charge in [-0.2, -0.15) is 4.31 Å². The van der Waals surface area contributed by atoms with Gasteiger partial charge in [-0.05, 0) is 19.1 Å². The van der Waals surface area contributed by atoms with Crippen LogP contribution in [0, 0.1) is 17.0 Å². The molecule has 0 unspecified atom stereocenters. The van der Waals surface area contributed by atoms with Crippen molar-refractivity contribution in [2.75, 3.05) is 7.05 Å². The van der Waals surface area contributed by atoms with Gasteiger partial charge in [-0.1, -0.05) is 31.2 Å². The van der Waals surface area contributed by atoms with E-state index >= 15 is 0 Å². The fourth-order valence-corrected chi connectivity index (χ4v) is 4.20. The van der Waals surface area contributed by atoms with Crippen LogP contribution in [0.4, 0.5) is 5.69 Å². The molecule has 7 nitrogen and oxygen atoms in total. The van der Waals surface area contributed by atoms with E-state index in [9.17, 15) is 18.5 Å². The Kier molecular flexibility index (Phi) is 5.03. The van der Waals surface area contributed by atoms with E-state index in [1.54, 1.807) is 6.92 Å². The first-order valence-electron chi connectivity index (χ1n) is 8.46. The second-order valence-corrected chi connectivity index (χ2v) is 8.36. The first kappa shape index (κ1) is 19.1. The van der Waals surface area contributed by atoms with Crippen molar-refractivity contribution in [2.45, 2.75) is 31.7 Å². The number of sulfonamides is 1. The van der Waals surface area contributed by atoms with Gasteiger partial charge in [-0.3, -0.25) is 10.1 Å². The monoisotopic (exact) mass is 388 g/mol. The van der Waals surface area contributed by atoms with Gasteiger partial charge in [0.1, 0.15) is 11.3 Å². The van der Waals surface area contributed by atoms with Crippen LogP contribution in [0.1, 0.15) is 23.8 Å². The minimum atomic E-state index is -3.89. The molecule has 0 radical (unpaired) electrons. The van der Waals surface area contributed by atoms with E-state index in [2.05, 4.69) is 0 Å². The quantitative estimate of drug-likeness (QED) is 0.469. The third-order valence-electron chi connectivity index (χ3n) is 4.57. The van der Waals surface area contributed by atoms with Crippen LogP contribution in [0.15, 0.2) is 51.8 Å². The highest BCUT2D eigenvalue weighted by molar-refractivity contribution is 7.89. The smallest absolute Gasteiger partial charge is 0.273 e. The molecule has 0 fully saturated rings. The summed E-state index contributed by atoms with van der Waals surface area (Å²) in [7, 11) is -2.43. The molecule has 1 heterocycles. The van der Waals surface area contributed by atoms with Crippen LogP contribution in [-0.4, -0.2) is 24.7 Å². The van der Waals surface area contributed by atoms with Gasteiger partial charge in [0.2, 0.25) is 10.0 Å². The maximum atomic E-state index is 13.0. The molecular formula is C19H20N2O5S. The molecular weight excluding hydrogens is 368 g/mol. The zero-order valence-corrected chi connectivity index (χ0v) is 16.1. The maximum absolute atomic E-state index is 13.0. The highest BCUT2D eigenvalue weighted by Crippen LogP contribution is 2.30. The summed E-state index contributed by atoms with van der Waals surface area (Å²) >= 11 is 0. The fraction of sp³-hybridized carbons (Fsp3) is 0.263. The topological polar surface area (TPSA) is 93.7 Å². The van der Waals surface area contributed by atoms with Crippen LogP contribution in [0.5, 0.6) is 0 Å². The van der Waals surface area contributed by atoms with Gasteiger partial charge < -0.3 is 4.42 Å². The number of hydrogen-bond donors (Lipinski definition) is 0. The summed E-state index contributed by atoms with van der Waals surface area (Å²) in [5.74, 6) is 0.730. The lowest BCUT2D eigenvalue weighted by Gasteiger charge is -2.17. The van der Waals surface area contributed by atoms with E-state index in [4.69, 9.17) is 4.42 Å². The molecule has 1 aromatic heterocycles. The molecule has 0 aliphatic rings. The number of benzene rings is 2. The van der Waals surface area contributed by atoms with Crippen LogP contribution in [0.25, 0.3) is 11.0 Å². The molecule has 2 aromatic carbocycles. The number of nitro groups is 1. The number of furan rings is 1. The van der Waals surface area contributed by atoms with Crippen LogP contribution in [0.3, 0.4) is 0 Å². The van der Waals surface area contributed by atoms with Gasteiger partial charge in [-0.25, -0.2) is 8.42 Å². The molecule has 0 amide bonds. The molecule has 3 rings (SSSR count). The molecule has 0 aliphatic heterocycles. The Bertz CT molecular complexity index is 1120. The number of fused-ring (bicyclic) bond motifs is 1. The molecule has 0 saturated heterocycles. The van der Waals surface area contributed by atoms with Crippen molar-refractivity contribution in [1.29, 1.82) is 0 Å². The first-order chi connectivity index (χ1) is 12.8. The Hall–Kier alpha value is -2.71. The summed E-state index contributed by atoms with van der Waals surface area (Å²) in [6, 6.07) is 11.4. The molecule has 8 heteroatoms. The normalized spacial score (nSPS) is 12.0. The van der Waals surface area contributed by atoms with Crippen LogP contribution >= 0.6 is 0 Å². The van der Waals surface area contributed by atoms with Crippen molar-refractivity contribution in [2.24, 2.45) is 0 Å². The number of nitro benzene ring substituents is 1. The Morgan fingerprint density at radius 3 is 2.56 bits per heavy atom. The Balaban J connectivity index is 2.00.